The molecule has 0 atom stereocenters. The molecule has 0 bridgehead atoms. The van der Waals surface area contributed by atoms with Gasteiger partial charge in [0.25, 0.3) is 0 Å². The van der Waals surface area contributed by atoms with Gasteiger partial charge in [0.15, 0.2) is 0 Å². The van der Waals surface area contributed by atoms with Gasteiger partial charge in [0.1, 0.15) is 0 Å². The molecule has 0 aliphatic rings. The Balaban J connectivity index is 0. The molecule has 0 fully saturated rings. The third kappa shape index (κ3) is 26.2. The SMILES string of the molecule is O.O.[Ca+2].[Cl-].[Cl-].[KH]. The van der Waals surface area contributed by atoms with Crippen molar-refractivity contribution in [3.63, 3.8) is 0 Å². The molecule has 0 radical (unpaired) electrons. The van der Waals surface area contributed by atoms with Crippen LogP contribution >= 0.6 is 0 Å². The van der Waals surface area contributed by atoms with E-state index in [4.69, 9.17) is 0 Å². The zero-order valence-corrected chi connectivity index (χ0v) is 6.18. The Bertz CT molecular complexity index is 11.5. The Morgan fingerprint density at radius 3 is 0.667 bits per heavy atom. The first-order chi connectivity index (χ1) is 0. The number of rotatable bonds is 0. The molecule has 0 amide bonds. The molecular formula is H5CaCl2KO2. The predicted molar refractivity (Wildman–Crippen MR) is 20.1 cm³/mol. The van der Waals surface area contributed by atoms with E-state index in [1.165, 1.54) is 0 Å². The van der Waals surface area contributed by atoms with Crippen LogP contribution in [0.4, 0.5) is 0 Å². The Kier molecular flexibility index (Phi) is 381. The summed E-state index contributed by atoms with van der Waals surface area (Å²) in [5.74, 6) is 0. The molecule has 0 spiro atoms. The molecular weight excluding hydrogens is 182 g/mol. The van der Waals surface area contributed by atoms with Crippen molar-refractivity contribution in [3.8, 4) is 0 Å². The van der Waals surface area contributed by atoms with E-state index >= 15 is 0 Å². The second-order valence-corrected chi connectivity index (χ2v) is 0. The average molecular weight is 187 g/mol. The van der Waals surface area contributed by atoms with Gasteiger partial charge >= 0.3 is 89.1 Å². The Labute approximate surface area is 122 Å². The molecule has 2 nitrogen and oxygen atoms in total. The Hall–Kier alpha value is 3.40. The molecule has 0 rings (SSSR count). The molecule has 6 heteroatoms. The van der Waals surface area contributed by atoms with Gasteiger partial charge in [-0.3, -0.25) is 0 Å². The molecule has 0 aliphatic carbocycles. The van der Waals surface area contributed by atoms with Crippen molar-refractivity contribution in [3.05, 3.63) is 0 Å². The van der Waals surface area contributed by atoms with Crippen molar-refractivity contribution in [2.75, 3.05) is 0 Å². The fourth-order valence-electron chi connectivity index (χ4n) is 0. The first-order valence-corrected chi connectivity index (χ1v) is 0. The van der Waals surface area contributed by atoms with Crippen molar-refractivity contribution >= 4 is 89.1 Å². The average Bonchev–Trinajstić information content (AvgIpc) is 0. The third-order valence-electron chi connectivity index (χ3n) is 0. The van der Waals surface area contributed by atoms with Crippen LogP contribution in [0.2, 0.25) is 0 Å². The van der Waals surface area contributed by atoms with Crippen LogP contribution in [0.25, 0.3) is 0 Å². The summed E-state index contributed by atoms with van der Waals surface area (Å²) in [6.07, 6.45) is 0. The van der Waals surface area contributed by atoms with E-state index in [2.05, 4.69) is 0 Å². The molecule has 0 aromatic carbocycles. The van der Waals surface area contributed by atoms with Gasteiger partial charge < -0.3 is 35.8 Å². The summed E-state index contributed by atoms with van der Waals surface area (Å²) in [6.45, 7) is 0. The second-order valence-electron chi connectivity index (χ2n) is 0. The normalized spacial score (nSPS) is 0. The standard InChI is InChI=1S/Ca.2ClH.K.2H2O.H/h;2*1H;;2*1H2;/q+2;;;;;;/p-2. The van der Waals surface area contributed by atoms with Gasteiger partial charge in [-0.05, 0) is 0 Å². The topological polar surface area (TPSA) is 63.0 Å². The van der Waals surface area contributed by atoms with E-state index in [0.29, 0.717) is 0 Å². The second kappa shape index (κ2) is 39.8. The van der Waals surface area contributed by atoms with Crippen LogP contribution in [0.15, 0.2) is 0 Å². The molecule has 0 aliphatic heterocycles. The molecule has 34 valence electrons. The molecule has 0 aromatic heterocycles. The van der Waals surface area contributed by atoms with E-state index in [-0.39, 0.29) is 125 Å². The van der Waals surface area contributed by atoms with E-state index in [1.807, 2.05) is 0 Å². The van der Waals surface area contributed by atoms with Crippen LogP contribution < -0.4 is 24.8 Å². The third-order valence-corrected chi connectivity index (χ3v) is 0. The summed E-state index contributed by atoms with van der Waals surface area (Å²) in [5.41, 5.74) is 0. The maximum absolute atomic E-state index is 0. The van der Waals surface area contributed by atoms with Gasteiger partial charge in [0, 0.05) is 0 Å². The van der Waals surface area contributed by atoms with Crippen LogP contribution in [-0.4, -0.2) is 100 Å². The quantitative estimate of drug-likeness (QED) is 0.338. The van der Waals surface area contributed by atoms with E-state index in [1.54, 1.807) is 0 Å². The molecule has 4 N–H and O–H groups in total. The summed E-state index contributed by atoms with van der Waals surface area (Å²) in [7, 11) is 0. The van der Waals surface area contributed by atoms with Crippen LogP contribution in [0.3, 0.4) is 0 Å². The van der Waals surface area contributed by atoms with E-state index < -0.39 is 0 Å². The summed E-state index contributed by atoms with van der Waals surface area (Å²) in [5, 5.41) is 0. The van der Waals surface area contributed by atoms with Crippen molar-refractivity contribution in [1.29, 1.82) is 0 Å². The summed E-state index contributed by atoms with van der Waals surface area (Å²) >= 11 is 0. The molecule has 0 heterocycles. The van der Waals surface area contributed by atoms with E-state index in [9.17, 15) is 0 Å². The van der Waals surface area contributed by atoms with Gasteiger partial charge in [0.2, 0.25) is 0 Å². The fourth-order valence-corrected chi connectivity index (χ4v) is 0. The van der Waals surface area contributed by atoms with E-state index in [0.717, 1.165) is 0 Å². The van der Waals surface area contributed by atoms with Gasteiger partial charge in [-0.15, -0.1) is 0 Å². The van der Waals surface area contributed by atoms with Gasteiger partial charge in [0.05, 0.1) is 0 Å². The van der Waals surface area contributed by atoms with Crippen molar-refractivity contribution in [2.45, 2.75) is 0 Å². The predicted octanol–water partition coefficient (Wildman–Crippen LogP) is -8.67. The molecule has 0 saturated carbocycles. The minimum absolute atomic E-state index is 0. The first-order valence-electron chi connectivity index (χ1n) is 0. The van der Waals surface area contributed by atoms with Crippen molar-refractivity contribution < 1.29 is 35.8 Å². The Morgan fingerprint density at radius 2 is 0.667 bits per heavy atom. The van der Waals surface area contributed by atoms with Crippen LogP contribution in [-0.2, 0) is 0 Å². The maximum atomic E-state index is 0. The van der Waals surface area contributed by atoms with Gasteiger partial charge in [-0.2, -0.15) is 0 Å². The molecule has 0 aromatic rings. The van der Waals surface area contributed by atoms with Crippen LogP contribution in [0.1, 0.15) is 0 Å². The number of hydrogen-bond donors (Lipinski definition) is 0. The number of hydrogen-bond acceptors (Lipinski definition) is 0. The number of halogens is 2. The van der Waals surface area contributed by atoms with Crippen LogP contribution in [0.5, 0.6) is 0 Å². The summed E-state index contributed by atoms with van der Waals surface area (Å²) in [6, 6.07) is 0. The van der Waals surface area contributed by atoms with Gasteiger partial charge in [-0.25, -0.2) is 0 Å². The van der Waals surface area contributed by atoms with Crippen molar-refractivity contribution in [1.82, 2.24) is 0 Å². The van der Waals surface area contributed by atoms with Gasteiger partial charge in [-0.1, -0.05) is 0 Å². The minimum atomic E-state index is 0. The summed E-state index contributed by atoms with van der Waals surface area (Å²) < 4.78 is 0. The van der Waals surface area contributed by atoms with Crippen LogP contribution in [0, 0.1) is 0 Å². The fraction of sp³-hybridized carbons (Fsp3) is 0. The molecule has 6 heavy (non-hydrogen) atoms. The Morgan fingerprint density at radius 1 is 0.667 bits per heavy atom. The summed E-state index contributed by atoms with van der Waals surface area (Å²) in [4.78, 5) is 0. The molecule has 0 saturated heterocycles. The zero-order chi connectivity index (χ0) is 0. The molecule has 0 unspecified atom stereocenters. The monoisotopic (exact) mass is 186 g/mol. The first kappa shape index (κ1) is 57.4. The zero-order valence-electron chi connectivity index (χ0n) is 2.46. The van der Waals surface area contributed by atoms with Crippen molar-refractivity contribution in [2.24, 2.45) is 0 Å².